The van der Waals surface area contributed by atoms with Crippen LogP contribution < -0.4 is 5.32 Å². The highest BCUT2D eigenvalue weighted by molar-refractivity contribution is 5.94. The molecule has 1 amide bonds. The Hall–Kier alpha value is -2.16. The Labute approximate surface area is 113 Å². The molecular weight excluding hydrogens is 236 g/mol. The Balaban J connectivity index is 2.04. The predicted molar refractivity (Wildman–Crippen MR) is 75.9 cm³/mol. The second-order valence-corrected chi connectivity index (χ2v) is 4.53. The van der Waals surface area contributed by atoms with Crippen molar-refractivity contribution in [3.05, 3.63) is 65.5 Å². The van der Waals surface area contributed by atoms with E-state index in [0.29, 0.717) is 5.56 Å². The lowest BCUT2D eigenvalue weighted by molar-refractivity contribution is 0.0939. The summed E-state index contributed by atoms with van der Waals surface area (Å²) in [6, 6.07) is 11.8. The van der Waals surface area contributed by atoms with Crippen LogP contribution in [0.1, 0.15) is 41.4 Å². The lowest BCUT2D eigenvalue weighted by atomic mass is 10.0. The summed E-state index contributed by atoms with van der Waals surface area (Å²) in [6.07, 6.45) is 4.25. The normalized spacial score (nSPS) is 11.9. The van der Waals surface area contributed by atoms with Crippen molar-refractivity contribution in [2.45, 2.75) is 26.3 Å². The quantitative estimate of drug-likeness (QED) is 0.910. The first-order valence-corrected chi connectivity index (χ1v) is 6.50. The first-order chi connectivity index (χ1) is 9.20. The molecule has 0 unspecified atom stereocenters. The maximum absolute atomic E-state index is 12.0. The number of benzene rings is 1. The fourth-order valence-electron chi connectivity index (χ4n) is 1.90. The van der Waals surface area contributed by atoms with Gasteiger partial charge in [0.2, 0.25) is 0 Å². The van der Waals surface area contributed by atoms with E-state index in [1.165, 1.54) is 5.56 Å². The average Bonchev–Trinajstić information content (AvgIpc) is 2.48. The molecule has 0 spiro atoms. The largest absolute Gasteiger partial charge is 0.345 e. The van der Waals surface area contributed by atoms with Gasteiger partial charge < -0.3 is 5.32 Å². The van der Waals surface area contributed by atoms with Gasteiger partial charge >= 0.3 is 0 Å². The van der Waals surface area contributed by atoms with Crippen molar-refractivity contribution < 1.29 is 4.79 Å². The highest BCUT2D eigenvalue weighted by Gasteiger charge is 2.11. The highest BCUT2D eigenvalue weighted by atomic mass is 16.1. The zero-order valence-electron chi connectivity index (χ0n) is 11.3. The van der Waals surface area contributed by atoms with Crippen molar-refractivity contribution in [2.24, 2.45) is 0 Å². The maximum Gasteiger partial charge on any atom is 0.253 e. The molecule has 98 valence electrons. The lowest BCUT2D eigenvalue weighted by Gasteiger charge is -2.14. The summed E-state index contributed by atoms with van der Waals surface area (Å²) in [4.78, 5) is 15.9. The van der Waals surface area contributed by atoms with Gasteiger partial charge in [0.05, 0.1) is 11.6 Å². The predicted octanol–water partition coefficient (Wildman–Crippen LogP) is 3.14. The average molecular weight is 254 g/mol. The van der Waals surface area contributed by atoms with Crippen molar-refractivity contribution in [3.63, 3.8) is 0 Å². The number of nitrogens with zero attached hydrogens (tertiary/aromatic N) is 1. The molecule has 3 nitrogen and oxygen atoms in total. The van der Waals surface area contributed by atoms with E-state index in [0.717, 1.165) is 12.0 Å². The molecule has 0 aliphatic carbocycles. The van der Waals surface area contributed by atoms with Crippen LogP contribution in [0.15, 0.2) is 48.8 Å². The topological polar surface area (TPSA) is 42.0 Å². The first-order valence-electron chi connectivity index (χ1n) is 6.50. The number of aryl methyl sites for hydroxylation is 1. The summed E-state index contributed by atoms with van der Waals surface area (Å²) in [5, 5.41) is 2.97. The molecule has 1 N–H and O–H groups in total. The van der Waals surface area contributed by atoms with E-state index in [2.05, 4.69) is 41.5 Å². The standard InChI is InChI=1S/C16H18N2O/c1-3-13-6-8-14(9-7-13)12(2)18-16(19)15-5-4-10-17-11-15/h4-12H,3H2,1-2H3,(H,18,19)/t12-/m0/s1. The van der Waals surface area contributed by atoms with E-state index >= 15 is 0 Å². The van der Waals surface area contributed by atoms with Crippen molar-refractivity contribution in [3.8, 4) is 0 Å². The molecular formula is C16H18N2O. The Morgan fingerprint density at radius 3 is 2.58 bits per heavy atom. The molecule has 3 heteroatoms. The SMILES string of the molecule is CCc1ccc([C@H](C)NC(=O)c2cccnc2)cc1. The summed E-state index contributed by atoms with van der Waals surface area (Å²) in [7, 11) is 0. The van der Waals surface area contributed by atoms with Crippen LogP contribution in [0.4, 0.5) is 0 Å². The Morgan fingerprint density at radius 2 is 2.00 bits per heavy atom. The molecule has 0 fully saturated rings. The van der Waals surface area contributed by atoms with Crippen molar-refractivity contribution in [2.75, 3.05) is 0 Å². The third kappa shape index (κ3) is 3.41. The Bertz CT molecular complexity index is 534. The van der Waals surface area contributed by atoms with Crippen LogP contribution in [0.3, 0.4) is 0 Å². The molecule has 2 aromatic rings. The van der Waals surface area contributed by atoms with Crippen molar-refractivity contribution >= 4 is 5.91 Å². The number of hydrogen-bond donors (Lipinski definition) is 1. The highest BCUT2D eigenvalue weighted by Crippen LogP contribution is 2.14. The van der Waals surface area contributed by atoms with Crippen LogP contribution >= 0.6 is 0 Å². The fourth-order valence-corrected chi connectivity index (χ4v) is 1.90. The third-order valence-corrected chi connectivity index (χ3v) is 3.16. The van der Waals surface area contributed by atoms with E-state index in [-0.39, 0.29) is 11.9 Å². The van der Waals surface area contributed by atoms with Gasteiger partial charge in [0.15, 0.2) is 0 Å². The van der Waals surface area contributed by atoms with Crippen molar-refractivity contribution in [1.82, 2.24) is 10.3 Å². The van der Waals surface area contributed by atoms with Gasteiger partial charge in [-0.05, 0) is 36.6 Å². The number of amides is 1. The number of carbonyl (C=O) groups excluding carboxylic acids is 1. The first kappa shape index (κ1) is 13.3. The molecule has 0 saturated heterocycles. The van der Waals surface area contributed by atoms with E-state index in [1.54, 1.807) is 24.5 Å². The summed E-state index contributed by atoms with van der Waals surface area (Å²) in [5.74, 6) is -0.0971. The Kier molecular flexibility index (Phi) is 4.29. The van der Waals surface area contributed by atoms with Crippen molar-refractivity contribution in [1.29, 1.82) is 0 Å². The minimum Gasteiger partial charge on any atom is -0.345 e. The van der Waals surface area contributed by atoms with Crippen LogP contribution in [0.5, 0.6) is 0 Å². The molecule has 0 aliphatic rings. The van der Waals surface area contributed by atoms with Crippen LogP contribution in [0, 0.1) is 0 Å². The number of carbonyl (C=O) groups is 1. The summed E-state index contributed by atoms with van der Waals surface area (Å²) >= 11 is 0. The molecule has 1 heterocycles. The summed E-state index contributed by atoms with van der Waals surface area (Å²) in [5.41, 5.74) is 2.99. The number of aromatic nitrogens is 1. The second-order valence-electron chi connectivity index (χ2n) is 4.53. The second kappa shape index (κ2) is 6.14. The van der Waals surface area contributed by atoms with Gasteiger partial charge in [-0.25, -0.2) is 0 Å². The smallest absolute Gasteiger partial charge is 0.253 e. The number of hydrogen-bond acceptors (Lipinski definition) is 2. The van der Waals surface area contributed by atoms with Crippen LogP contribution in [-0.2, 0) is 6.42 Å². The molecule has 0 aliphatic heterocycles. The zero-order valence-corrected chi connectivity index (χ0v) is 11.3. The summed E-state index contributed by atoms with van der Waals surface area (Å²) in [6.45, 7) is 4.11. The fraction of sp³-hybridized carbons (Fsp3) is 0.250. The molecule has 0 saturated carbocycles. The zero-order chi connectivity index (χ0) is 13.7. The molecule has 2 rings (SSSR count). The molecule has 19 heavy (non-hydrogen) atoms. The van der Waals surface area contributed by atoms with E-state index in [1.807, 2.05) is 6.92 Å². The monoisotopic (exact) mass is 254 g/mol. The van der Waals surface area contributed by atoms with E-state index < -0.39 is 0 Å². The van der Waals surface area contributed by atoms with E-state index in [9.17, 15) is 4.79 Å². The van der Waals surface area contributed by atoms with Gasteiger partial charge in [0.25, 0.3) is 5.91 Å². The van der Waals surface area contributed by atoms with Gasteiger partial charge in [-0.15, -0.1) is 0 Å². The molecule has 0 radical (unpaired) electrons. The van der Waals surface area contributed by atoms with E-state index in [4.69, 9.17) is 0 Å². The maximum atomic E-state index is 12.0. The number of nitrogens with one attached hydrogen (secondary N) is 1. The van der Waals surface area contributed by atoms with Gasteiger partial charge in [0.1, 0.15) is 0 Å². The molecule has 1 aromatic carbocycles. The minimum absolute atomic E-state index is 0.0152. The van der Waals surface area contributed by atoms with Crippen LogP contribution in [0.2, 0.25) is 0 Å². The third-order valence-electron chi connectivity index (χ3n) is 3.16. The van der Waals surface area contributed by atoms with Gasteiger partial charge in [-0.3, -0.25) is 9.78 Å². The molecule has 1 atom stereocenters. The van der Waals surface area contributed by atoms with Gasteiger partial charge in [-0.1, -0.05) is 31.2 Å². The molecule has 0 bridgehead atoms. The van der Waals surface area contributed by atoms with Crippen LogP contribution in [0.25, 0.3) is 0 Å². The Morgan fingerprint density at radius 1 is 1.26 bits per heavy atom. The van der Waals surface area contributed by atoms with Crippen LogP contribution in [-0.4, -0.2) is 10.9 Å². The number of pyridine rings is 1. The van der Waals surface area contributed by atoms with Gasteiger partial charge in [-0.2, -0.15) is 0 Å². The molecule has 1 aromatic heterocycles. The lowest BCUT2D eigenvalue weighted by Crippen LogP contribution is -2.26. The van der Waals surface area contributed by atoms with Gasteiger partial charge in [0, 0.05) is 12.4 Å². The number of rotatable bonds is 4. The summed E-state index contributed by atoms with van der Waals surface area (Å²) < 4.78 is 0. The minimum atomic E-state index is -0.0971.